The van der Waals surface area contributed by atoms with Gasteiger partial charge < -0.3 is 17.7 Å². The SMILES string of the molecule is COc1cc(F)c(F)c([B-](F)(F)F)c1. The predicted octanol–water partition coefficient (Wildman–Crippen LogP) is 2.03. The third-order valence-corrected chi connectivity index (χ3v) is 1.62. The van der Waals surface area contributed by atoms with Crippen LogP contribution < -0.4 is 10.2 Å². The molecule has 0 fully saturated rings. The first-order valence-corrected chi connectivity index (χ1v) is 3.59. The van der Waals surface area contributed by atoms with Crippen LogP contribution in [-0.2, 0) is 0 Å². The van der Waals surface area contributed by atoms with Gasteiger partial charge in [-0.15, -0.1) is 0 Å². The normalized spacial score (nSPS) is 11.6. The van der Waals surface area contributed by atoms with Crippen molar-refractivity contribution in [2.24, 2.45) is 0 Å². The number of methoxy groups -OCH3 is 1. The summed E-state index contributed by atoms with van der Waals surface area (Å²) in [5, 5.41) is 0. The fourth-order valence-electron chi connectivity index (χ4n) is 0.940. The van der Waals surface area contributed by atoms with E-state index < -0.39 is 24.1 Å². The Kier molecular flexibility index (Phi) is 2.68. The Morgan fingerprint density at radius 3 is 2.14 bits per heavy atom. The van der Waals surface area contributed by atoms with E-state index in [0.29, 0.717) is 12.1 Å². The summed E-state index contributed by atoms with van der Waals surface area (Å²) in [6, 6.07) is 0.985. The first-order valence-electron chi connectivity index (χ1n) is 3.59. The van der Waals surface area contributed by atoms with E-state index in [1.54, 1.807) is 0 Å². The van der Waals surface area contributed by atoms with Gasteiger partial charge in [0, 0.05) is 6.07 Å². The third-order valence-electron chi connectivity index (χ3n) is 1.62. The molecule has 0 radical (unpaired) electrons. The van der Waals surface area contributed by atoms with Gasteiger partial charge in [-0.25, -0.2) is 8.78 Å². The summed E-state index contributed by atoms with van der Waals surface area (Å²) in [6.07, 6.45) is 0. The van der Waals surface area contributed by atoms with E-state index in [1.807, 2.05) is 0 Å². The van der Waals surface area contributed by atoms with Gasteiger partial charge in [-0.1, -0.05) is 5.46 Å². The average Bonchev–Trinajstić information content (AvgIpc) is 2.07. The molecule has 0 aliphatic carbocycles. The molecule has 1 aromatic carbocycles. The van der Waals surface area contributed by atoms with E-state index in [2.05, 4.69) is 4.74 Å². The van der Waals surface area contributed by atoms with Gasteiger partial charge in [0.05, 0.1) is 7.11 Å². The lowest BCUT2D eigenvalue weighted by Gasteiger charge is -2.16. The van der Waals surface area contributed by atoms with Crippen LogP contribution in [0.2, 0.25) is 0 Å². The van der Waals surface area contributed by atoms with Gasteiger partial charge in [0.1, 0.15) is 11.6 Å². The molecule has 7 heteroatoms. The van der Waals surface area contributed by atoms with Crippen LogP contribution in [0.3, 0.4) is 0 Å². The molecule has 0 amide bonds. The van der Waals surface area contributed by atoms with Crippen LogP contribution in [0.25, 0.3) is 0 Å². The number of hydrogen-bond acceptors (Lipinski definition) is 1. The minimum Gasteiger partial charge on any atom is -0.497 e. The first-order chi connectivity index (χ1) is 6.36. The minimum atomic E-state index is -5.57. The highest BCUT2D eigenvalue weighted by Crippen LogP contribution is 2.19. The standard InChI is InChI=1S/C7H5BF5O/c1-14-4-2-5(8(11,12)13)7(10)6(9)3-4/h2-3H,1H3/q-1. The largest absolute Gasteiger partial charge is 0.512 e. The first kappa shape index (κ1) is 10.8. The van der Waals surface area contributed by atoms with Gasteiger partial charge in [-0.2, -0.15) is 0 Å². The zero-order valence-corrected chi connectivity index (χ0v) is 7.03. The number of ether oxygens (including phenoxy) is 1. The molecule has 78 valence electrons. The molecule has 0 spiro atoms. The number of benzene rings is 1. The number of hydrogen-bond donors (Lipinski definition) is 0. The average molecular weight is 211 g/mol. The second kappa shape index (κ2) is 3.47. The van der Waals surface area contributed by atoms with Crippen molar-refractivity contribution in [2.75, 3.05) is 7.11 Å². The molecule has 1 aromatic rings. The summed E-state index contributed by atoms with van der Waals surface area (Å²) >= 11 is 0. The van der Waals surface area contributed by atoms with Crippen LogP contribution in [0, 0.1) is 11.6 Å². The van der Waals surface area contributed by atoms with Crippen LogP contribution in [0.15, 0.2) is 12.1 Å². The molecule has 0 bridgehead atoms. The van der Waals surface area contributed by atoms with Crippen molar-refractivity contribution in [3.8, 4) is 5.75 Å². The second-order valence-corrected chi connectivity index (χ2v) is 2.59. The van der Waals surface area contributed by atoms with Gasteiger partial charge >= 0.3 is 6.98 Å². The molecule has 0 saturated heterocycles. The smallest absolute Gasteiger partial charge is 0.497 e. The van der Waals surface area contributed by atoms with Crippen LogP contribution in [-0.4, -0.2) is 14.1 Å². The maximum atomic E-state index is 12.7. The van der Waals surface area contributed by atoms with Gasteiger partial charge in [0.2, 0.25) is 0 Å². The highest BCUT2D eigenvalue weighted by atomic mass is 19.4. The molecule has 0 saturated carbocycles. The van der Waals surface area contributed by atoms with Crippen LogP contribution in [0.4, 0.5) is 21.7 Å². The summed E-state index contributed by atoms with van der Waals surface area (Å²) in [4.78, 5) is 0. The summed E-state index contributed by atoms with van der Waals surface area (Å²) in [5.41, 5.74) is -1.61. The molecular weight excluding hydrogens is 206 g/mol. The Hall–Kier alpha value is -1.27. The molecule has 0 heterocycles. The molecular formula is C7H5BF5O-. The molecule has 0 aliphatic heterocycles. The molecule has 1 nitrogen and oxygen atoms in total. The quantitative estimate of drug-likeness (QED) is 0.537. The fraction of sp³-hybridized carbons (Fsp3) is 0.143. The van der Waals surface area contributed by atoms with Gasteiger partial charge in [-0.3, -0.25) is 0 Å². The summed E-state index contributed by atoms with van der Waals surface area (Å²) in [7, 11) is 1.07. The molecule has 0 aliphatic rings. The van der Waals surface area contributed by atoms with Crippen LogP contribution in [0.1, 0.15) is 0 Å². The summed E-state index contributed by atoms with van der Waals surface area (Å²) < 4.78 is 66.1. The number of halogens is 5. The monoisotopic (exact) mass is 211 g/mol. The molecule has 0 atom stereocenters. The maximum absolute atomic E-state index is 12.7. The molecule has 0 aromatic heterocycles. The van der Waals surface area contributed by atoms with E-state index in [9.17, 15) is 21.7 Å². The highest BCUT2D eigenvalue weighted by Gasteiger charge is 2.31. The van der Waals surface area contributed by atoms with E-state index in [-0.39, 0.29) is 5.75 Å². The van der Waals surface area contributed by atoms with Crippen molar-refractivity contribution in [1.82, 2.24) is 0 Å². The van der Waals surface area contributed by atoms with Crippen molar-refractivity contribution >= 4 is 12.4 Å². The Balaban J connectivity index is 3.35. The van der Waals surface area contributed by atoms with Crippen molar-refractivity contribution in [1.29, 1.82) is 0 Å². The van der Waals surface area contributed by atoms with Gasteiger partial charge in [-0.05, 0) is 6.07 Å². The minimum absolute atomic E-state index is 0.363. The molecule has 0 N–H and O–H groups in total. The molecule has 14 heavy (non-hydrogen) atoms. The Morgan fingerprint density at radius 2 is 1.71 bits per heavy atom. The summed E-state index contributed by atoms with van der Waals surface area (Å²) in [5.74, 6) is -3.82. The topological polar surface area (TPSA) is 9.23 Å². The van der Waals surface area contributed by atoms with Crippen molar-refractivity contribution in [3.05, 3.63) is 23.8 Å². The Bertz CT molecular complexity index is 349. The molecule has 1 rings (SSSR count). The lowest BCUT2D eigenvalue weighted by atomic mass is 9.79. The zero-order chi connectivity index (χ0) is 10.9. The molecule has 0 unspecified atom stereocenters. The predicted molar refractivity (Wildman–Crippen MR) is 41.6 cm³/mol. The van der Waals surface area contributed by atoms with Crippen molar-refractivity contribution in [3.63, 3.8) is 0 Å². The second-order valence-electron chi connectivity index (χ2n) is 2.59. The van der Waals surface area contributed by atoms with E-state index in [4.69, 9.17) is 0 Å². The summed E-state index contributed by atoms with van der Waals surface area (Å²) in [6.45, 7) is -5.57. The lowest BCUT2D eigenvalue weighted by molar-refractivity contribution is 0.405. The van der Waals surface area contributed by atoms with E-state index in [0.717, 1.165) is 7.11 Å². The zero-order valence-electron chi connectivity index (χ0n) is 7.03. The Labute approximate surface area is 76.5 Å². The van der Waals surface area contributed by atoms with Gasteiger partial charge in [0.25, 0.3) is 0 Å². The van der Waals surface area contributed by atoms with Gasteiger partial charge in [0.15, 0.2) is 5.82 Å². The fourth-order valence-corrected chi connectivity index (χ4v) is 0.940. The lowest BCUT2D eigenvalue weighted by Crippen LogP contribution is -2.37. The number of rotatable bonds is 2. The van der Waals surface area contributed by atoms with E-state index in [1.165, 1.54) is 0 Å². The van der Waals surface area contributed by atoms with Crippen molar-refractivity contribution in [2.45, 2.75) is 0 Å². The van der Waals surface area contributed by atoms with Crippen LogP contribution >= 0.6 is 0 Å². The Morgan fingerprint density at radius 1 is 1.14 bits per heavy atom. The maximum Gasteiger partial charge on any atom is 0.512 e. The highest BCUT2D eigenvalue weighted by molar-refractivity contribution is 6.73. The third kappa shape index (κ3) is 1.97. The van der Waals surface area contributed by atoms with Crippen molar-refractivity contribution < 1.29 is 26.5 Å². The van der Waals surface area contributed by atoms with Crippen LogP contribution in [0.5, 0.6) is 5.75 Å². The van der Waals surface area contributed by atoms with E-state index >= 15 is 0 Å².